The lowest BCUT2D eigenvalue weighted by Gasteiger charge is -2.19. The first-order valence-corrected chi connectivity index (χ1v) is 7.69. The largest absolute Gasteiger partial charge is 0.480 e. The maximum absolute atomic E-state index is 12.0. The fourth-order valence-corrected chi connectivity index (χ4v) is 2.12. The molecule has 2 atom stereocenters. The van der Waals surface area contributed by atoms with Gasteiger partial charge in [0, 0.05) is 0 Å². The molecule has 6 heteroatoms. The van der Waals surface area contributed by atoms with E-state index in [1.165, 1.54) is 0 Å². The quantitative estimate of drug-likeness (QED) is 0.749. The summed E-state index contributed by atoms with van der Waals surface area (Å²) < 4.78 is 6.28. The van der Waals surface area contributed by atoms with Gasteiger partial charge in [-0.25, -0.2) is 4.79 Å². The number of ether oxygens (including phenoxy) is 1. The Bertz CT molecular complexity index is 492. The summed E-state index contributed by atoms with van der Waals surface area (Å²) in [7, 11) is 0. The van der Waals surface area contributed by atoms with Crippen LogP contribution in [0, 0.1) is 0 Å². The number of aliphatic carboxylic acids is 1. The number of para-hydroxylation sites is 1. The van der Waals surface area contributed by atoms with E-state index in [1.807, 2.05) is 13.0 Å². The topological polar surface area (TPSA) is 75.6 Å². The van der Waals surface area contributed by atoms with Crippen LogP contribution in [-0.4, -0.2) is 29.1 Å². The van der Waals surface area contributed by atoms with Crippen LogP contribution in [0.1, 0.15) is 33.1 Å². The summed E-state index contributed by atoms with van der Waals surface area (Å²) in [6.07, 6.45) is 1.27. The molecular formula is C15H20BrNO4. The summed E-state index contributed by atoms with van der Waals surface area (Å²) in [6, 6.07) is 6.31. The van der Waals surface area contributed by atoms with Gasteiger partial charge in [-0.05, 0) is 41.4 Å². The number of carboxylic acid groups (broad SMARTS) is 1. The lowest BCUT2D eigenvalue weighted by atomic mass is 10.1. The zero-order chi connectivity index (χ0) is 15.8. The Balaban J connectivity index is 2.61. The fraction of sp³-hybridized carbons (Fsp3) is 0.467. The van der Waals surface area contributed by atoms with Crippen LogP contribution < -0.4 is 10.1 Å². The van der Waals surface area contributed by atoms with Crippen LogP contribution in [0.5, 0.6) is 5.75 Å². The highest BCUT2D eigenvalue weighted by molar-refractivity contribution is 9.10. The first-order valence-electron chi connectivity index (χ1n) is 6.90. The number of unbranched alkanes of at least 4 members (excludes halogenated alkanes) is 1. The van der Waals surface area contributed by atoms with E-state index in [2.05, 4.69) is 21.2 Å². The zero-order valence-corrected chi connectivity index (χ0v) is 13.7. The molecule has 0 aromatic heterocycles. The number of carbonyl (C=O) groups excluding carboxylic acids is 1. The van der Waals surface area contributed by atoms with E-state index < -0.39 is 24.0 Å². The molecule has 2 N–H and O–H groups in total. The van der Waals surface area contributed by atoms with Gasteiger partial charge in [0.25, 0.3) is 5.91 Å². The zero-order valence-electron chi connectivity index (χ0n) is 12.1. The van der Waals surface area contributed by atoms with E-state index in [4.69, 9.17) is 9.84 Å². The van der Waals surface area contributed by atoms with Gasteiger partial charge in [-0.15, -0.1) is 0 Å². The minimum atomic E-state index is -1.02. The number of amides is 1. The summed E-state index contributed by atoms with van der Waals surface area (Å²) in [5, 5.41) is 11.6. The Labute approximate surface area is 132 Å². The SMILES string of the molecule is CCCC[C@H](NC(=O)C(C)Oc1ccccc1Br)C(=O)O. The predicted molar refractivity (Wildman–Crippen MR) is 83.3 cm³/mol. The molecule has 21 heavy (non-hydrogen) atoms. The highest BCUT2D eigenvalue weighted by Gasteiger charge is 2.23. The molecule has 1 rings (SSSR count). The van der Waals surface area contributed by atoms with Gasteiger partial charge in [0.1, 0.15) is 11.8 Å². The van der Waals surface area contributed by atoms with E-state index in [9.17, 15) is 9.59 Å². The number of carboxylic acids is 1. The third-order valence-corrected chi connectivity index (χ3v) is 3.63. The minimum absolute atomic E-state index is 0.416. The molecule has 1 amide bonds. The average molecular weight is 358 g/mol. The molecule has 0 bridgehead atoms. The average Bonchev–Trinajstić information content (AvgIpc) is 2.45. The van der Waals surface area contributed by atoms with Crippen molar-refractivity contribution >= 4 is 27.8 Å². The van der Waals surface area contributed by atoms with Gasteiger partial charge in [-0.1, -0.05) is 31.9 Å². The molecule has 0 radical (unpaired) electrons. The van der Waals surface area contributed by atoms with Crippen LogP contribution in [-0.2, 0) is 9.59 Å². The molecule has 0 spiro atoms. The van der Waals surface area contributed by atoms with Crippen molar-refractivity contribution in [1.82, 2.24) is 5.32 Å². The van der Waals surface area contributed by atoms with Crippen molar-refractivity contribution in [2.24, 2.45) is 0 Å². The number of benzene rings is 1. The molecule has 5 nitrogen and oxygen atoms in total. The number of hydrogen-bond donors (Lipinski definition) is 2. The molecule has 1 unspecified atom stereocenters. The Kier molecular flexibility index (Phi) is 7.22. The van der Waals surface area contributed by atoms with Gasteiger partial charge in [-0.2, -0.15) is 0 Å². The van der Waals surface area contributed by atoms with E-state index in [0.717, 1.165) is 17.3 Å². The van der Waals surface area contributed by atoms with E-state index in [1.54, 1.807) is 25.1 Å². The lowest BCUT2D eigenvalue weighted by molar-refractivity contribution is -0.143. The highest BCUT2D eigenvalue weighted by Crippen LogP contribution is 2.24. The second-order valence-corrected chi connectivity index (χ2v) is 5.59. The lowest BCUT2D eigenvalue weighted by Crippen LogP contribution is -2.46. The Morgan fingerprint density at radius 3 is 2.62 bits per heavy atom. The molecular weight excluding hydrogens is 338 g/mol. The standard InChI is InChI=1S/C15H20BrNO4/c1-3-4-8-12(15(19)20)17-14(18)10(2)21-13-9-6-5-7-11(13)16/h5-7,9-10,12H,3-4,8H2,1-2H3,(H,17,18)(H,19,20)/t10?,12-/m0/s1. The molecule has 0 aliphatic carbocycles. The van der Waals surface area contributed by atoms with Crippen molar-refractivity contribution < 1.29 is 19.4 Å². The van der Waals surface area contributed by atoms with Crippen molar-refractivity contribution in [3.63, 3.8) is 0 Å². The normalized spacial score (nSPS) is 13.3. The number of halogens is 1. The summed E-state index contributed by atoms with van der Waals surface area (Å²) in [5.41, 5.74) is 0. The van der Waals surface area contributed by atoms with Gasteiger partial charge in [0.2, 0.25) is 0 Å². The second-order valence-electron chi connectivity index (χ2n) is 4.73. The molecule has 116 valence electrons. The van der Waals surface area contributed by atoms with Crippen LogP contribution in [0.4, 0.5) is 0 Å². The maximum Gasteiger partial charge on any atom is 0.326 e. The van der Waals surface area contributed by atoms with Crippen molar-refractivity contribution in [3.05, 3.63) is 28.7 Å². The summed E-state index contributed by atoms with van der Waals surface area (Å²) in [6.45, 7) is 3.56. The molecule has 0 saturated heterocycles. The third-order valence-electron chi connectivity index (χ3n) is 2.97. The molecule has 0 fully saturated rings. The van der Waals surface area contributed by atoms with Gasteiger partial charge in [-0.3, -0.25) is 4.79 Å². The van der Waals surface area contributed by atoms with Gasteiger partial charge >= 0.3 is 5.97 Å². The molecule has 1 aromatic rings. The Hall–Kier alpha value is -1.56. The van der Waals surface area contributed by atoms with Crippen molar-refractivity contribution in [2.75, 3.05) is 0 Å². The van der Waals surface area contributed by atoms with Crippen molar-refractivity contribution in [3.8, 4) is 5.75 Å². The van der Waals surface area contributed by atoms with Crippen LogP contribution >= 0.6 is 15.9 Å². The highest BCUT2D eigenvalue weighted by atomic mass is 79.9. The summed E-state index contributed by atoms with van der Waals surface area (Å²) in [4.78, 5) is 23.1. The summed E-state index contributed by atoms with van der Waals surface area (Å²) in [5.74, 6) is -0.917. The molecule has 0 aliphatic heterocycles. The molecule has 0 heterocycles. The summed E-state index contributed by atoms with van der Waals surface area (Å²) >= 11 is 3.33. The smallest absolute Gasteiger partial charge is 0.326 e. The van der Waals surface area contributed by atoms with Gasteiger partial charge < -0.3 is 15.2 Å². The van der Waals surface area contributed by atoms with E-state index in [0.29, 0.717) is 12.2 Å². The Morgan fingerprint density at radius 2 is 2.05 bits per heavy atom. The van der Waals surface area contributed by atoms with Crippen LogP contribution in [0.2, 0.25) is 0 Å². The Morgan fingerprint density at radius 1 is 1.38 bits per heavy atom. The molecule has 0 saturated carbocycles. The minimum Gasteiger partial charge on any atom is -0.480 e. The second kappa shape index (κ2) is 8.67. The first-order chi connectivity index (χ1) is 9.95. The van der Waals surface area contributed by atoms with E-state index in [-0.39, 0.29) is 0 Å². The third kappa shape index (κ3) is 5.75. The molecule has 0 aliphatic rings. The van der Waals surface area contributed by atoms with Crippen LogP contribution in [0.3, 0.4) is 0 Å². The van der Waals surface area contributed by atoms with Crippen molar-refractivity contribution in [1.29, 1.82) is 0 Å². The number of rotatable bonds is 8. The van der Waals surface area contributed by atoms with Crippen LogP contribution in [0.15, 0.2) is 28.7 Å². The van der Waals surface area contributed by atoms with Crippen molar-refractivity contribution in [2.45, 2.75) is 45.3 Å². The molecule has 1 aromatic carbocycles. The number of hydrogen-bond acceptors (Lipinski definition) is 3. The fourth-order valence-electron chi connectivity index (χ4n) is 1.74. The number of nitrogens with one attached hydrogen (secondary N) is 1. The van der Waals surface area contributed by atoms with Gasteiger partial charge in [0.05, 0.1) is 4.47 Å². The van der Waals surface area contributed by atoms with E-state index >= 15 is 0 Å². The predicted octanol–water partition coefficient (Wildman–Crippen LogP) is 2.98. The maximum atomic E-state index is 12.0. The van der Waals surface area contributed by atoms with Gasteiger partial charge in [0.15, 0.2) is 6.10 Å². The monoisotopic (exact) mass is 357 g/mol. The first kappa shape index (κ1) is 17.5. The van der Waals surface area contributed by atoms with Crippen LogP contribution in [0.25, 0.3) is 0 Å². The number of carbonyl (C=O) groups is 2.